The number of ether oxygens (including phenoxy) is 1. The van der Waals surface area contributed by atoms with Gasteiger partial charge in [-0.25, -0.2) is 9.78 Å². The Labute approximate surface area is 200 Å². The summed E-state index contributed by atoms with van der Waals surface area (Å²) in [7, 11) is 0. The van der Waals surface area contributed by atoms with Gasteiger partial charge in [0.1, 0.15) is 11.9 Å². The molecule has 1 aliphatic heterocycles. The second-order valence-corrected chi connectivity index (χ2v) is 8.90. The van der Waals surface area contributed by atoms with Crippen LogP contribution in [-0.4, -0.2) is 49.0 Å². The summed E-state index contributed by atoms with van der Waals surface area (Å²) in [5.74, 6) is -0.676. The quantitative estimate of drug-likeness (QED) is 0.407. The molecule has 2 aromatic heterocycles. The van der Waals surface area contributed by atoms with E-state index < -0.39 is 23.2 Å². The molecule has 1 aromatic carbocycles. The van der Waals surface area contributed by atoms with Gasteiger partial charge < -0.3 is 4.74 Å². The average Bonchev–Trinajstić information content (AvgIpc) is 3.22. The van der Waals surface area contributed by atoms with Crippen molar-refractivity contribution in [3.05, 3.63) is 68.4 Å². The molecule has 9 nitrogen and oxygen atoms in total. The van der Waals surface area contributed by atoms with Crippen LogP contribution in [0.3, 0.4) is 0 Å². The van der Waals surface area contributed by atoms with Gasteiger partial charge in [-0.3, -0.25) is 24.0 Å². The predicted octanol–water partition coefficient (Wildman–Crippen LogP) is 3.42. The Morgan fingerprint density at radius 1 is 1.15 bits per heavy atom. The van der Waals surface area contributed by atoms with Crippen molar-refractivity contribution >= 4 is 45.9 Å². The summed E-state index contributed by atoms with van der Waals surface area (Å²) in [5.41, 5.74) is 2.54. The topological polar surface area (TPSA) is 104 Å². The first kappa shape index (κ1) is 23.5. The van der Waals surface area contributed by atoms with Gasteiger partial charge in [-0.1, -0.05) is 12.1 Å². The molecule has 1 saturated heterocycles. The van der Waals surface area contributed by atoms with Crippen molar-refractivity contribution in [3.63, 3.8) is 0 Å². The number of carbonyl (C=O) groups excluding carboxylic acids is 3. The maximum Gasteiger partial charge on any atom is 0.329 e. The van der Waals surface area contributed by atoms with Gasteiger partial charge in [0.05, 0.1) is 22.4 Å². The van der Waals surface area contributed by atoms with Crippen LogP contribution in [-0.2, 0) is 14.3 Å². The summed E-state index contributed by atoms with van der Waals surface area (Å²) in [5, 5.41) is -0.0346. The molecule has 0 radical (unpaired) electrons. The standard InChI is InChI=1S/C24H24N4O5S/c1-6-33-23(31)15(4)26-22(30)20(34-24(26)32)12-17-11-13(2)27(14(17)3)28-16(5)25-19-10-8-7-9-18(19)21(28)29/h7-12,15H,6H2,1-5H3. The first-order chi connectivity index (χ1) is 16.1. The van der Waals surface area contributed by atoms with E-state index in [2.05, 4.69) is 4.98 Å². The third-order valence-corrected chi connectivity index (χ3v) is 6.56. The van der Waals surface area contributed by atoms with Gasteiger partial charge in [0.15, 0.2) is 0 Å². The lowest BCUT2D eigenvalue weighted by molar-refractivity contribution is -0.150. The van der Waals surface area contributed by atoms with Crippen LogP contribution in [0.4, 0.5) is 4.79 Å². The van der Waals surface area contributed by atoms with E-state index in [-0.39, 0.29) is 17.1 Å². The molecule has 2 amide bonds. The third kappa shape index (κ3) is 3.83. The zero-order valence-electron chi connectivity index (χ0n) is 19.5. The van der Waals surface area contributed by atoms with Crippen LogP contribution >= 0.6 is 11.8 Å². The van der Waals surface area contributed by atoms with E-state index in [0.29, 0.717) is 28.0 Å². The Morgan fingerprint density at radius 3 is 2.56 bits per heavy atom. The molecule has 4 rings (SSSR count). The summed E-state index contributed by atoms with van der Waals surface area (Å²) < 4.78 is 8.19. The zero-order valence-corrected chi connectivity index (χ0v) is 20.3. The number of carbonyl (C=O) groups is 3. The molecule has 176 valence electrons. The van der Waals surface area contributed by atoms with Crippen LogP contribution in [0.2, 0.25) is 0 Å². The van der Waals surface area contributed by atoms with E-state index in [9.17, 15) is 19.2 Å². The number of fused-ring (bicyclic) bond motifs is 1. The maximum atomic E-state index is 13.3. The normalized spacial score (nSPS) is 16.0. The minimum atomic E-state index is -1.02. The number of hydrogen-bond donors (Lipinski definition) is 0. The van der Waals surface area contributed by atoms with E-state index >= 15 is 0 Å². The number of thioether (sulfide) groups is 1. The number of benzene rings is 1. The minimum absolute atomic E-state index is 0.156. The van der Waals surface area contributed by atoms with Crippen molar-refractivity contribution in [2.24, 2.45) is 0 Å². The number of aromatic nitrogens is 3. The fourth-order valence-electron chi connectivity index (χ4n) is 4.02. The molecule has 0 saturated carbocycles. The van der Waals surface area contributed by atoms with Gasteiger partial charge >= 0.3 is 5.97 Å². The lowest BCUT2D eigenvalue weighted by Crippen LogP contribution is -2.42. The van der Waals surface area contributed by atoms with Gasteiger partial charge in [-0.15, -0.1) is 0 Å². The Balaban J connectivity index is 1.76. The highest BCUT2D eigenvalue weighted by Gasteiger charge is 2.41. The fraction of sp³-hybridized carbons (Fsp3) is 0.292. The van der Waals surface area contributed by atoms with E-state index in [0.717, 1.165) is 22.4 Å². The van der Waals surface area contributed by atoms with Crippen molar-refractivity contribution < 1.29 is 19.1 Å². The van der Waals surface area contributed by atoms with Crippen molar-refractivity contribution in [3.8, 4) is 0 Å². The highest BCUT2D eigenvalue weighted by Crippen LogP contribution is 2.34. The van der Waals surface area contributed by atoms with Crippen LogP contribution in [0.5, 0.6) is 0 Å². The minimum Gasteiger partial charge on any atom is -0.464 e. The molecule has 0 aliphatic carbocycles. The average molecular weight is 481 g/mol. The number of esters is 1. The summed E-state index contributed by atoms with van der Waals surface area (Å²) in [4.78, 5) is 56.4. The summed E-state index contributed by atoms with van der Waals surface area (Å²) in [6.07, 6.45) is 1.61. The first-order valence-electron chi connectivity index (χ1n) is 10.8. The Hall–Kier alpha value is -3.66. The fourth-order valence-corrected chi connectivity index (χ4v) is 4.92. The van der Waals surface area contributed by atoms with Gasteiger partial charge in [0, 0.05) is 11.4 Å². The van der Waals surface area contributed by atoms with Crippen LogP contribution in [0, 0.1) is 20.8 Å². The second-order valence-electron chi connectivity index (χ2n) is 7.91. The molecule has 1 aliphatic rings. The van der Waals surface area contributed by atoms with E-state index in [1.54, 1.807) is 42.8 Å². The Kier molecular flexibility index (Phi) is 6.18. The van der Waals surface area contributed by atoms with Crippen molar-refractivity contribution in [2.45, 2.75) is 40.7 Å². The van der Waals surface area contributed by atoms with E-state index in [1.165, 1.54) is 11.6 Å². The van der Waals surface area contributed by atoms with Crippen LogP contribution in [0.25, 0.3) is 17.0 Å². The number of aryl methyl sites for hydroxylation is 2. The first-order valence-corrected chi connectivity index (χ1v) is 11.6. The molecular formula is C24H24N4O5S. The van der Waals surface area contributed by atoms with Crippen LogP contribution < -0.4 is 5.56 Å². The number of para-hydroxylation sites is 1. The lowest BCUT2D eigenvalue weighted by atomic mass is 10.2. The smallest absolute Gasteiger partial charge is 0.329 e. The molecule has 34 heavy (non-hydrogen) atoms. The number of hydrogen-bond acceptors (Lipinski definition) is 7. The van der Waals surface area contributed by atoms with Crippen LogP contribution in [0.15, 0.2) is 40.0 Å². The highest BCUT2D eigenvalue weighted by molar-refractivity contribution is 8.18. The van der Waals surface area contributed by atoms with Gasteiger partial charge in [-0.05, 0) is 76.2 Å². The molecule has 0 spiro atoms. The lowest BCUT2D eigenvalue weighted by Gasteiger charge is -2.19. The van der Waals surface area contributed by atoms with Gasteiger partial charge in [0.2, 0.25) is 0 Å². The zero-order chi connectivity index (χ0) is 24.7. The number of amides is 2. The number of rotatable bonds is 5. The highest BCUT2D eigenvalue weighted by atomic mass is 32.2. The molecule has 1 unspecified atom stereocenters. The largest absolute Gasteiger partial charge is 0.464 e. The molecule has 3 heterocycles. The molecule has 1 fully saturated rings. The van der Waals surface area contributed by atoms with Crippen molar-refractivity contribution in [2.75, 3.05) is 6.61 Å². The maximum absolute atomic E-state index is 13.3. The second kappa shape index (κ2) is 8.94. The van der Waals surface area contributed by atoms with E-state index in [1.807, 2.05) is 26.0 Å². The Bertz CT molecular complexity index is 1440. The monoisotopic (exact) mass is 480 g/mol. The summed E-state index contributed by atoms with van der Waals surface area (Å²) in [6, 6.07) is 7.96. The molecule has 0 bridgehead atoms. The van der Waals surface area contributed by atoms with Crippen molar-refractivity contribution in [1.29, 1.82) is 0 Å². The van der Waals surface area contributed by atoms with Gasteiger partial charge in [0.25, 0.3) is 16.7 Å². The summed E-state index contributed by atoms with van der Waals surface area (Å²) in [6.45, 7) is 8.71. The molecule has 3 aromatic rings. The number of nitrogens with zero attached hydrogens (tertiary/aromatic N) is 4. The predicted molar refractivity (Wildman–Crippen MR) is 129 cm³/mol. The molecule has 10 heteroatoms. The molecule has 1 atom stereocenters. The van der Waals surface area contributed by atoms with Crippen molar-refractivity contribution in [1.82, 2.24) is 19.2 Å². The van der Waals surface area contributed by atoms with Crippen LogP contribution in [0.1, 0.15) is 36.6 Å². The number of imide groups is 1. The summed E-state index contributed by atoms with van der Waals surface area (Å²) >= 11 is 0.769. The third-order valence-electron chi connectivity index (χ3n) is 5.67. The molecule has 0 N–H and O–H groups in total. The SMILES string of the molecule is CCOC(=O)C(C)N1C(=O)SC(=Cc2cc(C)n(-n3c(C)nc4ccccc4c3=O)c2C)C1=O. The van der Waals surface area contributed by atoms with Gasteiger partial charge in [-0.2, -0.15) is 4.68 Å². The Morgan fingerprint density at radius 2 is 1.85 bits per heavy atom. The van der Waals surface area contributed by atoms with E-state index in [4.69, 9.17) is 4.74 Å². The molecular weight excluding hydrogens is 456 g/mol.